The molecule has 1 N–H and O–H groups in total. The van der Waals surface area contributed by atoms with Crippen molar-refractivity contribution in [3.8, 4) is 11.6 Å². The van der Waals surface area contributed by atoms with E-state index in [1.165, 1.54) is 12.1 Å². The Morgan fingerprint density at radius 3 is 2.90 bits per heavy atom. The number of nitrogens with zero attached hydrogens (tertiary/aromatic N) is 2. The number of hydrogen-bond donors (Lipinski definition) is 1. The lowest BCUT2D eigenvalue weighted by Crippen LogP contribution is -2.13. The standard InChI is InChI=1S/C14H14FN3OS/c1-2-16-9-12-13(17-14-18(12)7-8-20-14)19-11-5-3-10(15)4-6-11/h3-8,16H,2,9H2,1H3. The lowest BCUT2D eigenvalue weighted by Gasteiger charge is -2.06. The fourth-order valence-electron chi connectivity index (χ4n) is 1.91. The summed E-state index contributed by atoms with van der Waals surface area (Å²) in [7, 11) is 0. The molecule has 2 aromatic heterocycles. The molecule has 0 aliphatic heterocycles. The highest BCUT2D eigenvalue weighted by Crippen LogP contribution is 2.27. The second kappa shape index (κ2) is 5.60. The zero-order valence-corrected chi connectivity index (χ0v) is 11.8. The summed E-state index contributed by atoms with van der Waals surface area (Å²) in [5.74, 6) is 0.857. The van der Waals surface area contributed by atoms with Crippen LogP contribution in [-0.4, -0.2) is 15.9 Å². The van der Waals surface area contributed by atoms with Gasteiger partial charge < -0.3 is 10.1 Å². The third kappa shape index (κ3) is 2.52. The molecule has 3 aromatic rings. The molecule has 0 aliphatic carbocycles. The van der Waals surface area contributed by atoms with Crippen LogP contribution in [0.5, 0.6) is 11.6 Å². The van der Waals surface area contributed by atoms with E-state index in [0.717, 1.165) is 17.2 Å². The Labute approximate surface area is 119 Å². The molecule has 3 rings (SSSR count). The van der Waals surface area contributed by atoms with Crippen molar-refractivity contribution in [1.29, 1.82) is 0 Å². The summed E-state index contributed by atoms with van der Waals surface area (Å²) in [6, 6.07) is 5.94. The zero-order chi connectivity index (χ0) is 13.9. The highest BCUT2D eigenvalue weighted by Gasteiger charge is 2.14. The first kappa shape index (κ1) is 13.1. The second-order valence-corrected chi connectivity index (χ2v) is 5.13. The maximum Gasteiger partial charge on any atom is 0.243 e. The number of halogens is 1. The number of imidazole rings is 1. The van der Waals surface area contributed by atoms with Gasteiger partial charge in [0.1, 0.15) is 17.3 Å². The van der Waals surface area contributed by atoms with E-state index >= 15 is 0 Å². The first-order valence-corrected chi connectivity index (χ1v) is 7.24. The quantitative estimate of drug-likeness (QED) is 0.782. The van der Waals surface area contributed by atoms with Gasteiger partial charge in [-0.1, -0.05) is 6.92 Å². The van der Waals surface area contributed by atoms with Crippen molar-refractivity contribution in [3.05, 3.63) is 47.4 Å². The Balaban J connectivity index is 1.93. The first-order chi connectivity index (χ1) is 9.78. The van der Waals surface area contributed by atoms with E-state index in [2.05, 4.69) is 10.3 Å². The molecule has 2 heterocycles. The van der Waals surface area contributed by atoms with Gasteiger partial charge in [-0.15, -0.1) is 11.3 Å². The van der Waals surface area contributed by atoms with Crippen molar-refractivity contribution < 1.29 is 9.13 Å². The molecule has 0 unspecified atom stereocenters. The summed E-state index contributed by atoms with van der Waals surface area (Å²) in [4.78, 5) is 5.35. The summed E-state index contributed by atoms with van der Waals surface area (Å²) in [6.07, 6.45) is 1.97. The molecular formula is C14H14FN3OS. The van der Waals surface area contributed by atoms with Crippen LogP contribution < -0.4 is 10.1 Å². The molecule has 0 fully saturated rings. The number of hydrogen-bond acceptors (Lipinski definition) is 4. The molecule has 0 saturated carbocycles. The third-order valence-electron chi connectivity index (χ3n) is 2.89. The molecule has 0 bridgehead atoms. The fraction of sp³-hybridized carbons (Fsp3) is 0.214. The van der Waals surface area contributed by atoms with E-state index in [9.17, 15) is 4.39 Å². The summed E-state index contributed by atoms with van der Waals surface area (Å²) < 4.78 is 20.7. The number of rotatable bonds is 5. The van der Waals surface area contributed by atoms with Crippen LogP contribution in [0.4, 0.5) is 4.39 Å². The highest BCUT2D eigenvalue weighted by atomic mass is 32.1. The number of benzene rings is 1. The average Bonchev–Trinajstić information content (AvgIpc) is 3.00. The van der Waals surface area contributed by atoms with Crippen molar-refractivity contribution in [1.82, 2.24) is 14.7 Å². The van der Waals surface area contributed by atoms with Crippen LogP contribution >= 0.6 is 11.3 Å². The normalized spacial score (nSPS) is 11.1. The minimum absolute atomic E-state index is 0.281. The molecule has 104 valence electrons. The Morgan fingerprint density at radius 2 is 2.15 bits per heavy atom. The summed E-state index contributed by atoms with van der Waals surface area (Å²) in [6.45, 7) is 3.59. The van der Waals surface area contributed by atoms with Crippen LogP contribution in [-0.2, 0) is 6.54 Å². The third-order valence-corrected chi connectivity index (χ3v) is 3.65. The van der Waals surface area contributed by atoms with E-state index in [4.69, 9.17) is 4.74 Å². The lowest BCUT2D eigenvalue weighted by molar-refractivity contribution is 0.454. The van der Waals surface area contributed by atoms with Gasteiger partial charge in [0.15, 0.2) is 4.96 Å². The van der Waals surface area contributed by atoms with Crippen molar-refractivity contribution in [2.75, 3.05) is 6.54 Å². The molecule has 0 atom stereocenters. The molecule has 1 aromatic carbocycles. The van der Waals surface area contributed by atoms with Crippen molar-refractivity contribution >= 4 is 16.3 Å². The van der Waals surface area contributed by atoms with Crippen molar-refractivity contribution in [2.24, 2.45) is 0 Å². The zero-order valence-electron chi connectivity index (χ0n) is 11.0. The van der Waals surface area contributed by atoms with Crippen LogP contribution in [0.25, 0.3) is 4.96 Å². The molecular weight excluding hydrogens is 277 g/mol. The van der Waals surface area contributed by atoms with Gasteiger partial charge in [0.2, 0.25) is 5.88 Å². The Morgan fingerprint density at radius 1 is 1.35 bits per heavy atom. The van der Waals surface area contributed by atoms with Crippen LogP contribution in [0.1, 0.15) is 12.6 Å². The van der Waals surface area contributed by atoms with E-state index in [-0.39, 0.29) is 5.82 Å². The van der Waals surface area contributed by atoms with Gasteiger partial charge in [0.25, 0.3) is 0 Å². The van der Waals surface area contributed by atoms with E-state index in [0.29, 0.717) is 18.2 Å². The molecule has 0 saturated heterocycles. The molecule has 6 heteroatoms. The van der Waals surface area contributed by atoms with Gasteiger partial charge in [-0.2, -0.15) is 4.98 Å². The number of ether oxygens (including phenoxy) is 1. The van der Waals surface area contributed by atoms with Gasteiger partial charge in [-0.25, -0.2) is 4.39 Å². The Kier molecular flexibility index (Phi) is 3.66. The van der Waals surface area contributed by atoms with Gasteiger partial charge in [0.05, 0.1) is 0 Å². The van der Waals surface area contributed by atoms with Crippen LogP contribution in [0.2, 0.25) is 0 Å². The maximum atomic E-state index is 12.9. The predicted octanol–water partition coefficient (Wildman–Crippen LogP) is 3.44. The topological polar surface area (TPSA) is 38.6 Å². The second-order valence-electron chi connectivity index (χ2n) is 4.26. The molecule has 20 heavy (non-hydrogen) atoms. The minimum Gasteiger partial charge on any atom is -0.437 e. The minimum atomic E-state index is -0.281. The lowest BCUT2D eigenvalue weighted by atomic mass is 10.3. The summed E-state index contributed by atoms with van der Waals surface area (Å²) in [5.41, 5.74) is 0.965. The SMILES string of the molecule is CCNCc1c(Oc2ccc(F)cc2)nc2sccn12. The van der Waals surface area contributed by atoms with E-state index in [1.807, 2.05) is 22.9 Å². The van der Waals surface area contributed by atoms with Crippen molar-refractivity contribution in [3.63, 3.8) is 0 Å². The smallest absolute Gasteiger partial charge is 0.243 e. The number of nitrogens with one attached hydrogen (secondary N) is 1. The number of aromatic nitrogens is 2. The molecule has 0 amide bonds. The molecule has 0 radical (unpaired) electrons. The van der Waals surface area contributed by atoms with E-state index < -0.39 is 0 Å². The van der Waals surface area contributed by atoms with Crippen LogP contribution in [0.3, 0.4) is 0 Å². The maximum absolute atomic E-state index is 12.9. The summed E-state index contributed by atoms with van der Waals surface area (Å²) in [5, 5.41) is 5.26. The van der Waals surface area contributed by atoms with E-state index in [1.54, 1.807) is 23.5 Å². The van der Waals surface area contributed by atoms with Gasteiger partial charge in [0, 0.05) is 18.1 Å². The van der Waals surface area contributed by atoms with Crippen molar-refractivity contribution in [2.45, 2.75) is 13.5 Å². The molecule has 0 aliphatic rings. The first-order valence-electron chi connectivity index (χ1n) is 6.36. The Hall–Kier alpha value is -1.92. The number of fused-ring (bicyclic) bond motifs is 1. The monoisotopic (exact) mass is 291 g/mol. The Bertz CT molecular complexity index is 705. The largest absolute Gasteiger partial charge is 0.437 e. The average molecular weight is 291 g/mol. The van der Waals surface area contributed by atoms with Gasteiger partial charge in [-0.05, 0) is 30.8 Å². The van der Waals surface area contributed by atoms with Crippen LogP contribution in [0, 0.1) is 5.82 Å². The molecule has 0 spiro atoms. The summed E-state index contributed by atoms with van der Waals surface area (Å²) >= 11 is 1.55. The fourth-order valence-corrected chi connectivity index (χ4v) is 2.64. The van der Waals surface area contributed by atoms with Gasteiger partial charge >= 0.3 is 0 Å². The predicted molar refractivity (Wildman–Crippen MR) is 76.9 cm³/mol. The van der Waals surface area contributed by atoms with Crippen LogP contribution in [0.15, 0.2) is 35.8 Å². The molecule has 4 nitrogen and oxygen atoms in total. The van der Waals surface area contributed by atoms with Gasteiger partial charge in [-0.3, -0.25) is 4.40 Å². The number of thiazole rings is 1. The highest BCUT2D eigenvalue weighted by molar-refractivity contribution is 7.15.